The number of nitrogens with zero attached hydrogens (tertiary/aromatic N) is 2. The molecule has 1 aliphatic heterocycles. The second-order valence-corrected chi connectivity index (χ2v) is 10.5. The molecule has 0 bridgehead atoms. The van der Waals surface area contributed by atoms with Crippen molar-refractivity contribution in [3.05, 3.63) is 117 Å². The highest BCUT2D eigenvalue weighted by molar-refractivity contribution is 7.18. The lowest BCUT2D eigenvalue weighted by molar-refractivity contribution is -0.132. The fourth-order valence-electron chi connectivity index (χ4n) is 4.64. The summed E-state index contributed by atoms with van der Waals surface area (Å²) in [4.78, 5) is 44.6. The molecular weight excluding hydrogens is 531 g/mol. The number of aryl methyl sites for hydroxylation is 2. The zero-order chi connectivity index (χ0) is 28.6. The molecule has 202 valence electrons. The van der Waals surface area contributed by atoms with Gasteiger partial charge < -0.3 is 9.84 Å². The molecule has 1 atom stereocenters. The van der Waals surface area contributed by atoms with Gasteiger partial charge in [-0.3, -0.25) is 19.3 Å². The molecule has 2 heterocycles. The molecule has 1 fully saturated rings. The SMILES string of the molecule is CC(=O)c1sc(N2C(=O)C(=O)C(=C(O)c3ccc(OCc4cccc(C)c4)cc3)[C@@H]2c2ccc(F)cc2)nc1C. The molecule has 1 aromatic heterocycles. The molecule has 9 heteroatoms. The minimum atomic E-state index is -1.08. The van der Waals surface area contributed by atoms with Crippen LogP contribution in [-0.4, -0.2) is 27.6 Å². The third-order valence-corrected chi connectivity index (χ3v) is 7.81. The molecule has 0 radical (unpaired) electrons. The van der Waals surface area contributed by atoms with Crippen LogP contribution in [0.15, 0.2) is 78.4 Å². The van der Waals surface area contributed by atoms with Gasteiger partial charge >= 0.3 is 5.91 Å². The third-order valence-electron chi connectivity index (χ3n) is 6.56. The first-order valence-electron chi connectivity index (χ1n) is 12.5. The van der Waals surface area contributed by atoms with Gasteiger partial charge in [-0.15, -0.1) is 0 Å². The number of amides is 1. The van der Waals surface area contributed by atoms with Gasteiger partial charge in [-0.05, 0) is 61.4 Å². The number of rotatable bonds is 7. The number of benzene rings is 3. The molecule has 4 aromatic rings. The van der Waals surface area contributed by atoms with Crippen molar-refractivity contribution in [3.8, 4) is 5.75 Å². The summed E-state index contributed by atoms with van der Waals surface area (Å²) in [7, 11) is 0. The second kappa shape index (κ2) is 10.9. The lowest BCUT2D eigenvalue weighted by Crippen LogP contribution is -2.29. The van der Waals surface area contributed by atoms with Crippen LogP contribution < -0.4 is 9.64 Å². The largest absolute Gasteiger partial charge is 0.507 e. The predicted molar refractivity (Wildman–Crippen MR) is 150 cm³/mol. The van der Waals surface area contributed by atoms with Crippen molar-refractivity contribution in [2.45, 2.75) is 33.4 Å². The number of thiazole rings is 1. The molecule has 1 aliphatic rings. The van der Waals surface area contributed by atoms with E-state index in [0.29, 0.717) is 34.1 Å². The van der Waals surface area contributed by atoms with Gasteiger partial charge in [-0.1, -0.05) is 53.3 Å². The molecule has 0 aliphatic carbocycles. The number of halogens is 1. The van der Waals surface area contributed by atoms with Gasteiger partial charge in [0.25, 0.3) is 5.78 Å². The molecule has 0 saturated carbocycles. The van der Waals surface area contributed by atoms with Gasteiger partial charge in [0.2, 0.25) is 0 Å². The Morgan fingerprint density at radius 3 is 2.38 bits per heavy atom. The van der Waals surface area contributed by atoms with E-state index in [1.165, 1.54) is 31.2 Å². The van der Waals surface area contributed by atoms with Crippen LogP contribution in [0, 0.1) is 19.7 Å². The van der Waals surface area contributed by atoms with Gasteiger partial charge in [-0.25, -0.2) is 9.37 Å². The summed E-state index contributed by atoms with van der Waals surface area (Å²) in [6, 6.07) is 18.7. The monoisotopic (exact) mass is 556 g/mol. The first kappa shape index (κ1) is 27.0. The van der Waals surface area contributed by atoms with Gasteiger partial charge in [0.1, 0.15) is 23.9 Å². The quantitative estimate of drug-likeness (QED) is 0.124. The lowest BCUT2D eigenvalue weighted by atomic mass is 9.95. The highest BCUT2D eigenvalue weighted by Crippen LogP contribution is 2.44. The van der Waals surface area contributed by atoms with E-state index in [-0.39, 0.29) is 22.2 Å². The Bertz CT molecular complexity index is 1660. The van der Waals surface area contributed by atoms with Gasteiger partial charge in [0, 0.05) is 12.5 Å². The molecule has 1 saturated heterocycles. The highest BCUT2D eigenvalue weighted by atomic mass is 32.1. The van der Waals surface area contributed by atoms with Crippen LogP contribution in [-0.2, 0) is 16.2 Å². The van der Waals surface area contributed by atoms with Crippen molar-refractivity contribution < 1.29 is 28.6 Å². The molecule has 1 N–H and O–H groups in total. The molecule has 5 rings (SSSR count). The number of carbonyl (C=O) groups is 3. The zero-order valence-corrected chi connectivity index (χ0v) is 22.8. The molecule has 0 spiro atoms. The summed E-state index contributed by atoms with van der Waals surface area (Å²) >= 11 is 0.986. The number of aliphatic hydroxyl groups excluding tert-OH is 1. The Morgan fingerprint density at radius 1 is 1.05 bits per heavy atom. The number of ether oxygens (including phenoxy) is 1. The number of carbonyl (C=O) groups excluding carboxylic acids is 3. The van der Waals surface area contributed by atoms with Crippen molar-refractivity contribution in [2.24, 2.45) is 0 Å². The topological polar surface area (TPSA) is 96.8 Å². The fourth-order valence-corrected chi connectivity index (χ4v) is 5.62. The number of hydrogen-bond acceptors (Lipinski definition) is 7. The van der Waals surface area contributed by atoms with Crippen LogP contribution in [0.3, 0.4) is 0 Å². The number of aliphatic hydroxyl groups is 1. The van der Waals surface area contributed by atoms with Crippen LogP contribution in [0.4, 0.5) is 9.52 Å². The zero-order valence-electron chi connectivity index (χ0n) is 22.0. The number of aromatic nitrogens is 1. The lowest BCUT2D eigenvalue weighted by Gasteiger charge is -2.23. The Hall–Kier alpha value is -4.63. The van der Waals surface area contributed by atoms with E-state index in [9.17, 15) is 23.9 Å². The summed E-state index contributed by atoms with van der Waals surface area (Å²) in [6.45, 7) is 5.40. The van der Waals surface area contributed by atoms with E-state index in [4.69, 9.17) is 4.74 Å². The Morgan fingerprint density at radius 2 is 1.75 bits per heavy atom. The third kappa shape index (κ3) is 5.15. The van der Waals surface area contributed by atoms with E-state index in [0.717, 1.165) is 27.4 Å². The van der Waals surface area contributed by atoms with Crippen LogP contribution >= 0.6 is 11.3 Å². The van der Waals surface area contributed by atoms with Gasteiger partial charge in [0.05, 0.1) is 22.2 Å². The minimum Gasteiger partial charge on any atom is -0.507 e. The van der Waals surface area contributed by atoms with Crippen LogP contribution in [0.5, 0.6) is 5.75 Å². The van der Waals surface area contributed by atoms with E-state index in [1.54, 1.807) is 31.2 Å². The molecule has 1 amide bonds. The van der Waals surface area contributed by atoms with Gasteiger partial charge in [0.15, 0.2) is 10.9 Å². The Kier molecular flexibility index (Phi) is 7.32. The smallest absolute Gasteiger partial charge is 0.301 e. The van der Waals surface area contributed by atoms with Crippen LogP contribution in [0.2, 0.25) is 0 Å². The number of hydrogen-bond donors (Lipinski definition) is 1. The average Bonchev–Trinajstić information content (AvgIpc) is 3.44. The summed E-state index contributed by atoms with van der Waals surface area (Å²) < 4.78 is 19.6. The molecular formula is C31H25FN2O5S. The van der Waals surface area contributed by atoms with E-state index >= 15 is 0 Å². The van der Waals surface area contributed by atoms with Gasteiger partial charge in [-0.2, -0.15) is 0 Å². The maximum atomic E-state index is 13.8. The van der Waals surface area contributed by atoms with E-state index in [1.807, 2.05) is 31.2 Å². The average molecular weight is 557 g/mol. The van der Waals surface area contributed by atoms with Crippen molar-refractivity contribution in [3.63, 3.8) is 0 Å². The number of anilines is 1. The maximum Gasteiger partial charge on any atom is 0.301 e. The van der Waals surface area contributed by atoms with E-state index in [2.05, 4.69) is 4.98 Å². The standard InChI is InChI=1S/C31H25FN2O5S/c1-17-5-4-6-20(15-17)16-39-24-13-9-22(10-14-24)27(36)25-26(21-7-11-23(32)12-8-21)34(30(38)28(25)37)31-33-18(2)29(40-31)19(3)35/h4-15,26,36H,16H2,1-3H3/t26-/m0/s1. The molecule has 40 heavy (non-hydrogen) atoms. The first-order chi connectivity index (χ1) is 19.1. The number of Topliss-reactive ketones (excluding diaryl/α,β-unsaturated/α-hetero) is 2. The van der Waals surface area contributed by atoms with Crippen molar-refractivity contribution >= 4 is 39.7 Å². The summed E-state index contributed by atoms with van der Waals surface area (Å²) in [5, 5.41) is 11.5. The first-order valence-corrected chi connectivity index (χ1v) is 13.3. The highest BCUT2D eigenvalue weighted by Gasteiger charge is 2.48. The van der Waals surface area contributed by atoms with Crippen molar-refractivity contribution in [1.29, 1.82) is 0 Å². The van der Waals surface area contributed by atoms with Crippen LogP contribution in [0.25, 0.3) is 5.76 Å². The normalized spacial score (nSPS) is 16.4. The van der Waals surface area contributed by atoms with Crippen molar-refractivity contribution in [1.82, 2.24) is 4.98 Å². The van der Waals surface area contributed by atoms with E-state index < -0.39 is 23.5 Å². The fraction of sp³-hybridized carbons (Fsp3) is 0.161. The number of ketones is 2. The Balaban J connectivity index is 1.52. The van der Waals surface area contributed by atoms with Crippen molar-refractivity contribution in [2.75, 3.05) is 4.90 Å². The van der Waals surface area contributed by atoms with Crippen LogP contribution in [0.1, 0.15) is 50.6 Å². The molecule has 7 nitrogen and oxygen atoms in total. The molecule has 0 unspecified atom stereocenters. The maximum absolute atomic E-state index is 13.8. The Labute approximate surface area is 234 Å². The minimum absolute atomic E-state index is 0.137. The predicted octanol–water partition coefficient (Wildman–Crippen LogP) is 6.31. The molecule has 3 aromatic carbocycles. The second-order valence-electron chi connectivity index (χ2n) is 9.49. The summed E-state index contributed by atoms with van der Waals surface area (Å²) in [5.41, 5.74) is 3.09. The summed E-state index contributed by atoms with van der Waals surface area (Å²) in [6.07, 6.45) is 0. The summed E-state index contributed by atoms with van der Waals surface area (Å²) in [5.74, 6) is -2.36.